The number of carbonyl (C=O) groups is 1. The van der Waals surface area contributed by atoms with Crippen molar-refractivity contribution < 1.29 is 4.79 Å². The molecule has 4 nitrogen and oxygen atoms in total. The molecule has 1 fully saturated rings. The van der Waals surface area contributed by atoms with Crippen molar-refractivity contribution in [3.8, 4) is 6.07 Å². The molecule has 1 aromatic rings. The van der Waals surface area contributed by atoms with Crippen molar-refractivity contribution in [2.24, 2.45) is 0 Å². The predicted octanol–water partition coefficient (Wildman–Crippen LogP) is 3.95. The first-order valence-electron chi connectivity index (χ1n) is 8.29. The Morgan fingerprint density at radius 1 is 1.30 bits per heavy atom. The standard InChI is InChI=1S/C19H25N3O/c1-14(2)17-9-7-8-15(3)18(17)21-19(23)16(12-20)13-22-10-5-4-6-11-22/h7-9,13-14H,4-6,10-11H2,1-3H3,(H,21,23)/b16-13-. The number of carbonyl (C=O) groups excluding carboxylic acids is 1. The van der Waals surface area contributed by atoms with Gasteiger partial charge in [-0.1, -0.05) is 32.0 Å². The van der Waals surface area contributed by atoms with E-state index in [9.17, 15) is 10.1 Å². The molecular weight excluding hydrogens is 286 g/mol. The second-order valence-electron chi connectivity index (χ2n) is 6.40. The van der Waals surface area contributed by atoms with Crippen LogP contribution in [0.5, 0.6) is 0 Å². The smallest absolute Gasteiger partial charge is 0.267 e. The lowest BCUT2D eigenvalue weighted by Gasteiger charge is -2.25. The average Bonchev–Trinajstić information content (AvgIpc) is 2.55. The number of anilines is 1. The summed E-state index contributed by atoms with van der Waals surface area (Å²) in [6.45, 7) is 8.00. The topological polar surface area (TPSA) is 56.1 Å². The predicted molar refractivity (Wildman–Crippen MR) is 93.0 cm³/mol. The minimum atomic E-state index is -0.325. The van der Waals surface area contributed by atoms with Gasteiger partial charge in [-0.15, -0.1) is 0 Å². The maximum absolute atomic E-state index is 12.5. The summed E-state index contributed by atoms with van der Waals surface area (Å²) in [5.41, 5.74) is 3.10. The van der Waals surface area contributed by atoms with Gasteiger partial charge in [-0.25, -0.2) is 0 Å². The van der Waals surface area contributed by atoms with Gasteiger partial charge >= 0.3 is 0 Å². The molecule has 1 N–H and O–H groups in total. The third kappa shape index (κ3) is 4.35. The van der Waals surface area contributed by atoms with Crippen LogP contribution in [0, 0.1) is 18.3 Å². The Morgan fingerprint density at radius 2 is 2.00 bits per heavy atom. The van der Waals surface area contributed by atoms with Gasteiger partial charge in [0.25, 0.3) is 5.91 Å². The Bertz CT molecular complexity index is 635. The van der Waals surface area contributed by atoms with Crippen LogP contribution in [0.15, 0.2) is 30.0 Å². The number of rotatable bonds is 4. The highest BCUT2D eigenvalue weighted by Crippen LogP contribution is 2.27. The molecule has 1 amide bonds. The molecule has 23 heavy (non-hydrogen) atoms. The largest absolute Gasteiger partial charge is 0.376 e. The third-order valence-corrected chi connectivity index (χ3v) is 4.23. The molecule has 1 saturated heterocycles. The van der Waals surface area contributed by atoms with Crippen molar-refractivity contribution in [1.29, 1.82) is 5.26 Å². The quantitative estimate of drug-likeness (QED) is 0.676. The summed E-state index contributed by atoms with van der Waals surface area (Å²) < 4.78 is 0. The van der Waals surface area contributed by atoms with Crippen LogP contribution >= 0.6 is 0 Å². The summed E-state index contributed by atoms with van der Waals surface area (Å²) in [6, 6.07) is 8.04. The van der Waals surface area contributed by atoms with E-state index in [2.05, 4.69) is 24.1 Å². The zero-order chi connectivity index (χ0) is 16.8. The number of hydrogen-bond donors (Lipinski definition) is 1. The van der Waals surface area contributed by atoms with Crippen molar-refractivity contribution in [2.75, 3.05) is 18.4 Å². The van der Waals surface area contributed by atoms with Gasteiger partial charge in [0.15, 0.2) is 0 Å². The second kappa shape index (κ2) is 7.82. The SMILES string of the molecule is Cc1cccc(C(C)C)c1NC(=O)/C(C#N)=C\N1CCCCC1. The van der Waals surface area contributed by atoms with Crippen LogP contribution < -0.4 is 5.32 Å². The molecule has 1 aliphatic heterocycles. The van der Waals surface area contributed by atoms with Crippen LogP contribution in [0.1, 0.15) is 50.2 Å². The zero-order valence-electron chi connectivity index (χ0n) is 14.2. The maximum atomic E-state index is 12.5. The van der Waals surface area contributed by atoms with Crippen LogP contribution in [-0.4, -0.2) is 23.9 Å². The first-order valence-corrected chi connectivity index (χ1v) is 8.29. The molecule has 2 rings (SSSR count). The molecule has 0 radical (unpaired) electrons. The Labute approximate surface area is 138 Å². The molecule has 0 atom stereocenters. The van der Waals surface area contributed by atoms with Crippen LogP contribution in [0.2, 0.25) is 0 Å². The molecular formula is C19H25N3O. The fraction of sp³-hybridized carbons (Fsp3) is 0.474. The van der Waals surface area contributed by atoms with Gasteiger partial charge in [-0.05, 0) is 43.2 Å². The summed E-state index contributed by atoms with van der Waals surface area (Å²) in [7, 11) is 0. The van der Waals surface area contributed by atoms with Crippen LogP contribution in [-0.2, 0) is 4.79 Å². The van der Waals surface area contributed by atoms with Crippen molar-refractivity contribution in [2.45, 2.75) is 46.0 Å². The van der Waals surface area contributed by atoms with Gasteiger partial charge in [0, 0.05) is 25.0 Å². The molecule has 0 unspecified atom stereocenters. The number of para-hydroxylation sites is 1. The number of aryl methyl sites for hydroxylation is 1. The summed E-state index contributed by atoms with van der Waals surface area (Å²) >= 11 is 0. The molecule has 0 aliphatic carbocycles. The Hall–Kier alpha value is -2.28. The van der Waals surface area contributed by atoms with Crippen molar-refractivity contribution in [3.05, 3.63) is 41.1 Å². The lowest BCUT2D eigenvalue weighted by molar-refractivity contribution is -0.112. The Kier molecular flexibility index (Phi) is 5.81. The highest BCUT2D eigenvalue weighted by atomic mass is 16.1. The highest BCUT2D eigenvalue weighted by Gasteiger charge is 2.16. The molecule has 0 spiro atoms. The highest BCUT2D eigenvalue weighted by molar-refractivity contribution is 6.07. The number of amides is 1. The second-order valence-corrected chi connectivity index (χ2v) is 6.40. The van der Waals surface area contributed by atoms with Crippen LogP contribution in [0.4, 0.5) is 5.69 Å². The number of piperidine rings is 1. The molecule has 1 aromatic carbocycles. The summed E-state index contributed by atoms with van der Waals surface area (Å²) in [5.74, 6) is -0.0175. The molecule has 122 valence electrons. The van der Waals surface area contributed by atoms with E-state index in [0.717, 1.165) is 42.7 Å². The van der Waals surface area contributed by atoms with E-state index in [4.69, 9.17) is 0 Å². The zero-order valence-corrected chi connectivity index (χ0v) is 14.2. The van der Waals surface area contributed by atoms with Gasteiger partial charge in [0.1, 0.15) is 11.6 Å². The van der Waals surface area contributed by atoms with Crippen LogP contribution in [0.3, 0.4) is 0 Å². The average molecular weight is 311 g/mol. The monoisotopic (exact) mass is 311 g/mol. The lowest BCUT2D eigenvalue weighted by Crippen LogP contribution is -2.26. The van der Waals surface area contributed by atoms with Gasteiger partial charge < -0.3 is 10.2 Å². The molecule has 1 aliphatic rings. The normalized spacial score (nSPS) is 15.4. The number of nitrogens with one attached hydrogen (secondary N) is 1. The number of likely N-dealkylation sites (tertiary alicyclic amines) is 1. The Balaban J connectivity index is 2.20. The van der Waals surface area contributed by atoms with Crippen molar-refractivity contribution in [1.82, 2.24) is 4.90 Å². The van der Waals surface area contributed by atoms with E-state index >= 15 is 0 Å². The maximum Gasteiger partial charge on any atom is 0.267 e. The first-order chi connectivity index (χ1) is 11.0. The van der Waals surface area contributed by atoms with E-state index in [-0.39, 0.29) is 11.5 Å². The molecule has 0 saturated carbocycles. The minimum Gasteiger partial charge on any atom is -0.376 e. The molecule has 0 aromatic heterocycles. The van der Waals surface area contributed by atoms with Crippen molar-refractivity contribution in [3.63, 3.8) is 0 Å². The summed E-state index contributed by atoms with van der Waals surface area (Å²) in [5, 5.41) is 12.3. The third-order valence-electron chi connectivity index (χ3n) is 4.23. The molecule has 4 heteroatoms. The van der Waals surface area contributed by atoms with E-state index in [0.29, 0.717) is 5.92 Å². The summed E-state index contributed by atoms with van der Waals surface area (Å²) in [6.07, 6.45) is 5.17. The van der Waals surface area contributed by atoms with E-state index in [1.165, 1.54) is 6.42 Å². The van der Waals surface area contributed by atoms with E-state index < -0.39 is 0 Å². The fourth-order valence-corrected chi connectivity index (χ4v) is 2.89. The fourth-order valence-electron chi connectivity index (χ4n) is 2.89. The summed E-state index contributed by atoms with van der Waals surface area (Å²) in [4.78, 5) is 14.6. The van der Waals surface area contributed by atoms with Crippen LogP contribution in [0.25, 0.3) is 0 Å². The number of nitriles is 1. The van der Waals surface area contributed by atoms with Gasteiger partial charge in [-0.3, -0.25) is 4.79 Å². The molecule has 0 bridgehead atoms. The number of nitrogens with zero attached hydrogens (tertiary/aromatic N) is 2. The van der Waals surface area contributed by atoms with Gasteiger partial charge in [0.2, 0.25) is 0 Å². The van der Waals surface area contributed by atoms with Gasteiger partial charge in [-0.2, -0.15) is 5.26 Å². The number of benzene rings is 1. The van der Waals surface area contributed by atoms with E-state index in [1.807, 2.05) is 31.2 Å². The van der Waals surface area contributed by atoms with Gasteiger partial charge in [0.05, 0.1) is 0 Å². The molecule has 1 heterocycles. The minimum absolute atomic E-state index is 0.171. The first kappa shape index (κ1) is 17.1. The number of hydrogen-bond acceptors (Lipinski definition) is 3. The Morgan fingerprint density at radius 3 is 2.61 bits per heavy atom. The van der Waals surface area contributed by atoms with Crippen molar-refractivity contribution >= 4 is 11.6 Å². The lowest BCUT2D eigenvalue weighted by atomic mass is 9.98. The van der Waals surface area contributed by atoms with E-state index in [1.54, 1.807) is 6.20 Å².